The summed E-state index contributed by atoms with van der Waals surface area (Å²) in [5, 5.41) is 0. The van der Waals surface area contributed by atoms with Gasteiger partial charge in [0.05, 0.1) is 6.61 Å². The summed E-state index contributed by atoms with van der Waals surface area (Å²) in [6.07, 6.45) is 3.47. The highest BCUT2D eigenvalue weighted by molar-refractivity contribution is 5.94. The minimum Gasteiger partial charge on any atom is -0.493 e. The largest absolute Gasteiger partial charge is 0.493 e. The van der Waals surface area contributed by atoms with Gasteiger partial charge in [-0.25, -0.2) is 4.39 Å². The van der Waals surface area contributed by atoms with Gasteiger partial charge in [0.25, 0.3) is 5.91 Å². The maximum atomic E-state index is 13.2. The molecule has 0 aromatic heterocycles. The zero-order valence-corrected chi connectivity index (χ0v) is 18.1. The topological polar surface area (TPSA) is 49.9 Å². The van der Waals surface area contributed by atoms with Gasteiger partial charge in [0.2, 0.25) is 5.91 Å². The fourth-order valence-corrected chi connectivity index (χ4v) is 4.01. The number of carbonyl (C=O) groups excluding carboxylic acids is 2. The second-order valence-electron chi connectivity index (χ2n) is 7.89. The van der Waals surface area contributed by atoms with Crippen molar-refractivity contribution in [1.82, 2.24) is 9.80 Å². The van der Waals surface area contributed by atoms with Gasteiger partial charge in [-0.2, -0.15) is 0 Å². The molecule has 0 unspecified atom stereocenters. The van der Waals surface area contributed by atoms with E-state index in [4.69, 9.17) is 4.74 Å². The molecule has 1 heterocycles. The molecule has 0 atom stereocenters. The Balaban J connectivity index is 1.46. The molecule has 0 N–H and O–H groups in total. The third-order valence-corrected chi connectivity index (χ3v) is 5.60. The van der Waals surface area contributed by atoms with Crippen LogP contribution in [0.3, 0.4) is 0 Å². The van der Waals surface area contributed by atoms with E-state index in [1.54, 1.807) is 12.1 Å². The van der Waals surface area contributed by atoms with Gasteiger partial charge in [0.1, 0.15) is 11.6 Å². The van der Waals surface area contributed by atoms with Gasteiger partial charge in [-0.3, -0.25) is 9.59 Å². The van der Waals surface area contributed by atoms with Crippen molar-refractivity contribution < 1.29 is 18.7 Å². The number of hydrogen-bond acceptors (Lipinski definition) is 3. The number of nitrogens with zero attached hydrogens (tertiary/aromatic N) is 2. The van der Waals surface area contributed by atoms with Crippen molar-refractivity contribution in [3.05, 3.63) is 66.0 Å². The molecule has 31 heavy (non-hydrogen) atoms. The minimum absolute atomic E-state index is 0.0573. The maximum absolute atomic E-state index is 13.2. The van der Waals surface area contributed by atoms with Crippen LogP contribution in [0.25, 0.3) is 0 Å². The summed E-state index contributed by atoms with van der Waals surface area (Å²) in [5.74, 6) is 0.326. The highest BCUT2D eigenvalue weighted by atomic mass is 19.1. The molecule has 2 amide bonds. The first-order valence-corrected chi connectivity index (χ1v) is 11.1. The van der Waals surface area contributed by atoms with Crippen LogP contribution in [0.15, 0.2) is 54.6 Å². The summed E-state index contributed by atoms with van der Waals surface area (Å²) in [6, 6.07) is 15.5. The fraction of sp³-hybridized carbons (Fsp3) is 0.440. The second-order valence-corrected chi connectivity index (χ2v) is 7.89. The summed E-state index contributed by atoms with van der Waals surface area (Å²) in [7, 11) is 0. The lowest BCUT2D eigenvalue weighted by Gasteiger charge is -2.38. The third-order valence-electron chi connectivity index (χ3n) is 5.60. The Morgan fingerprint density at radius 2 is 1.84 bits per heavy atom. The quantitative estimate of drug-likeness (QED) is 0.554. The average Bonchev–Trinajstić information content (AvgIpc) is 2.80. The third kappa shape index (κ3) is 6.54. The first-order valence-electron chi connectivity index (χ1n) is 11.1. The molecule has 1 saturated heterocycles. The average molecular weight is 427 g/mol. The molecule has 5 nitrogen and oxygen atoms in total. The molecule has 0 spiro atoms. The highest BCUT2D eigenvalue weighted by Crippen LogP contribution is 2.20. The first kappa shape index (κ1) is 22.8. The molecule has 0 bridgehead atoms. The van der Waals surface area contributed by atoms with Crippen LogP contribution in [0, 0.1) is 5.82 Å². The second kappa shape index (κ2) is 11.5. The van der Waals surface area contributed by atoms with Crippen LogP contribution in [0.5, 0.6) is 5.75 Å². The predicted octanol–water partition coefficient (Wildman–Crippen LogP) is 4.53. The van der Waals surface area contributed by atoms with E-state index in [-0.39, 0.29) is 23.7 Å². The molecular formula is C25H31FN2O3. The molecule has 2 aromatic carbocycles. The van der Waals surface area contributed by atoms with Crippen LogP contribution in [0.4, 0.5) is 4.39 Å². The SMILES string of the molecule is CCCN(C(=O)CCCOc1cccc(F)c1)C1CCN(C(=O)c2ccccc2)CC1. The van der Waals surface area contributed by atoms with Crippen LogP contribution < -0.4 is 4.74 Å². The van der Waals surface area contributed by atoms with Crippen molar-refractivity contribution in [2.45, 2.75) is 45.1 Å². The molecule has 0 radical (unpaired) electrons. The van der Waals surface area contributed by atoms with Gasteiger partial charge in [0, 0.05) is 43.7 Å². The zero-order chi connectivity index (χ0) is 22.1. The molecule has 6 heteroatoms. The Kier molecular flexibility index (Phi) is 8.44. The molecule has 0 aliphatic carbocycles. The van der Waals surface area contributed by atoms with E-state index in [2.05, 4.69) is 6.92 Å². The van der Waals surface area contributed by atoms with Gasteiger partial charge in [-0.1, -0.05) is 31.2 Å². The summed E-state index contributed by atoms with van der Waals surface area (Å²) in [6.45, 7) is 4.49. The normalized spacial score (nSPS) is 14.3. The molecule has 2 aromatic rings. The number of hydrogen-bond donors (Lipinski definition) is 0. The Bertz CT molecular complexity index is 851. The van der Waals surface area contributed by atoms with Crippen molar-refractivity contribution in [2.24, 2.45) is 0 Å². The van der Waals surface area contributed by atoms with Gasteiger partial charge in [-0.15, -0.1) is 0 Å². The molecule has 166 valence electrons. The maximum Gasteiger partial charge on any atom is 0.253 e. The van der Waals surface area contributed by atoms with E-state index >= 15 is 0 Å². The molecule has 3 rings (SSSR count). The number of likely N-dealkylation sites (tertiary alicyclic amines) is 1. The number of benzene rings is 2. The smallest absolute Gasteiger partial charge is 0.253 e. The zero-order valence-electron chi connectivity index (χ0n) is 18.1. The van der Waals surface area contributed by atoms with Crippen molar-refractivity contribution in [2.75, 3.05) is 26.2 Å². The summed E-state index contributed by atoms with van der Waals surface area (Å²) < 4.78 is 18.8. The Morgan fingerprint density at radius 1 is 1.10 bits per heavy atom. The van der Waals surface area contributed by atoms with Gasteiger partial charge in [0.15, 0.2) is 0 Å². The highest BCUT2D eigenvalue weighted by Gasteiger charge is 2.29. The van der Waals surface area contributed by atoms with Crippen molar-refractivity contribution in [3.8, 4) is 5.75 Å². The van der Waals surface area contributed by atoms with E-state index in [1.807, 2.05) is 40.1 Å². The van der Waals surface area contributed by atoms with Gasteiger partial charge >= 0.3 is 0 Å². The van der Waals surface area contributed by atoms with E-state index in [9.17, 15) is 14.0 Å². The summed E-state index contributed by atoms with van der Waals surface area (Å²) in [5.41, 5.74) is 0.709. The number of piperidine rings is 1. The lowest BCUT2D eigenvalue weighted by atomic mass is 10.0. The Labute approximate surface area is 183 Å². The summed E-state index contributed by atoms with van der Waals surface area (Å²) >= 11 is 0. The number of halogens is 1. The van der Waals surface area contributed by atoms with E-state index in [0.29, 0.717) is 43.9 Å². The molecule has 1 aliphatic heterocycles. The predicted molar refractivity (Wildman–Crippen MR) is 119 cm³/mol. The first-order chi connectivity index (χ1) is 15.1. The Hall–Kier alpha value is -2.89. The van der Waals surface area contributed by atoms with E-state index in [1.165, 1.54) is 12.1 Å². The van der Waals surface area contributed by atoms with Crippen molar-refractivity contribution >= 4 is 11.8 Å². The van der Waals surface area contributed by atoms with Crippen LogP contribution in [0.1, 0.15) is 49.4 Å². The lowest BCUT2D eigenvalue weighted by molar-refractivity contribution is -0.134. The fourth-order valence-electron chi connectivity index (χ4n) is 4.01. The van der Waals surface area contributed by atoms with Crippen LogP contribution in [-0.2, 0) is 4.79 Å². The van der Waals surface area contributed by atoms with E-state index < -0.39 is 0 Å². The van der Waals surface area contributed by atoms with Crippen molar-refractivity contribution in [1.29, 1.82) is 0 Å². The van der Waals surface area contributed by atoms with E-state index in [0.717, 1.165) is 25.8 Å². The minimum atomic E-state index is -0.334. The number of carbonyl (C=O) groups is 2. The van der Waals surface area contributed by atoms with Gasteiger partial charge in [-0.05, 0) is 49.9 Å². The standard InChI is InChI=1S/C25H31FN2O3/c1-2-15-28(24(29)12-7-18-31-23-11-6-10-21(26)19-23)22-13-16-27(17-14-22)25(30)20-8-4-3-5-9-20/h3-6,8-11,19,22H,2,7,12-18H2,1H3. The number of ether oxygens (including phenoxy) is 1. The molecule has 0 saturated carbocycles. The number of amides is 2. The molecule has 1 fully saturated rings. The number of rotatable bonds is 9. The summed E-state index contributed by atoms with van der Waals surface area (Å²) in [4.78, 5) is 29.4. The molecular weight excluding hydrogens is 395 g/mol. The van der Waals surface area contributed by atoms with Crippen LogP contribution >= 0.6 is 0 Å². The van der Waals surface area contributed by atoms with Gasteiger partial charge < -0.3 is 14.5 Å². The van der Waals surface area contributed by atoms with Crippen molar-refractivity contribution in [3.63, 3.8) is 0 Å². The Morgan fingerprint density at radius 3 is 2.52 bits per heavy atom. The van der Waals surface area contributed by atoms with Crippen LogP contribution in [-0.4, -0.2) is 53.9 Å². The van der Waals surface area contributed by atoms with Crippen LogP contribution in [0.2, 0.25) is 0 Å². The molecule has 1 aliphatic rings. The lowest BCUT2D eigenvalue weighted by Crippen LogP contribution is -2.49. The monoisotopic (exact) mass is 426 g/mol.